The Labute approximate surface area is 148 Å². The van der Waals surface area contributed by atoms with Gasteiger partial charge >= 0.3 is 5.97 Å². The first kappa shape index (κ1) is 17.2. The summed E-state index contributed by atoms with van der Waals surface area (Å²) >= 11 is 0. The molecule has 4 nitrogen and oxygen atoms in total. The van der Waals surface area contributed by atoms with Crippen LogP contribution >= 0.6 is 0 Å². The molecule has 3 rings (SSSR count). The number of amides is 1. The lowest BCUT2D eigenvalue weighted by atomic mass is 9.90. The van der Waals surface area contributed by atoms with Gasteiger partial charge in [-0.3, -0.25) is 9.59 Å². The van der Waals surface area contributed by atoms with Crippen molar-refractivity contribution in [3.63, 3.8) is 0 Å². The predicted molar refractivity (Wildman–Crippen MR) is 97.6 cm³/mol. The van der Waals surface area contributed by atoms with Crippen LogP contribution in [0.2, 0.25) is 0 Å². The zero-order valence-corrected chi connectivity index (χ0v) is 14.5. The maximum absolute atomic E-state index is 12.0. The molecule has 0 saturated carbocycles. The lowest BCUT2D eigenvalue weighted by Gasteiger charge is -2.16. The van der Waals surface area contributed by atoms with Gasteiger partial charge < -0.3 is 10.1 Å². The number of nitrogens with one attached hydrogen (secondary N) is 1. The third-order valence-electron chi connectivity index (χ3n) is 4.54. The number of carbonyl (C=O) groups excluding carboxylic acids is 2. The van der Waals surface area contributed by atoms with Crippen molar-refractivity contribution >= 4 is 17.6 Å². The minimum absolute atomic E-state index is 0.199. The Morgan fingerprint density at radius 1 is 1.04 bits per heavy atom. The normalized spacial score (nSPS) is 13.0. The van der Waals surface area contributed by atoms with Crippen LogP contribution < -0.4 is 5.32 Å². The molecule has 0 saturated heterocycles. The summed E-state index contributed by atoms with van der Waals surface area (Å²) < 4.78 is 5.11. The molecule has 0 heterocycles. The number of ether oxygens (including phenoxy) is 1. The van der Waals surface area contributed by atoms with Crippen LogP contribution in [0.25, 0.3) is 0 Å². The Kier molecular flexibility index (Phi) is 5.49. The van der Waals surface area contributed by atoms with Gasteiger partial charge in [0.15, 0.2) is 6.61 Å². The van der Waals surface area contributed by atoms with Gasteiger partial charge in [-0.15, -0.1) is 0 Å². The number of hydrogen-bond acceptors (Lipinski definition) is 3. The van der Waals surface area contributed by atoms with Crippen LogP contribution in [0.3, 0.4) is 0 Å². The van der Waals surface area contributed by atoms with Gasteiger partial charge in [0.05, 0.1) is 6.42 Å². The minimum atomic E-state index is -0.379. The molecule has 2 aromatic rings. The highest BCUT2D eigenvalue weighted by Gasteiger charge is 2.13. The van der Waals surface area contributed by atoms with E-state index >= 15 is 0 Å². The molecule has 1 N–H and O–H groups in total. The van der Waals surface area contributed by atoms with Crippen LogP contribution in [-0.4, -0.2) is 18.5 Å². The van der Waals surface area contributed by atoms with E-state index in [1.54, 1.807) is 0 Å². The van der Waals surface area contributed by atoms with Crippen molar-refractivity contribution in [2.75, 3.05) is 11.9 Å². The van der Waals surface area contributed by atoms with E-state index in [1.165, 1.54) is 24.0 Å². The molecule has 0 radical (unpaired) electrons. The van der Waals surface area contributed by atoms with E-state index in [-0.39, 0.29) is 24.9 Å². The molecule has 0 aliphatic heterocycles. The average molecular weight is 337 g/mol. The molecule has 0 spiro atoms. The Morgan fingerprint density at radius 2 is 1.80 bits per heavy atom. The first-order valence-electron chi connectivity index (χ1n) is 8.73. The third-order valence-corrected chi connectivity index (χ3v) is 4.54. The van der Waals surface area contributed by atoms with E-state index in [2.05, 4.69) is 17.4 Å². The second-order valence-electron chi connectivity index (χ2n) is 6.51. The van der Waals surface area contributed by atoms with Crippen LogP contribution in [0.15, 0.2) is 42.5 Å². The fourth-order valence-electron chi connectivity index (χ4n) is 3.16. The Bertz CT molecular complexity index is 782. The second-order valence-corrected chi connectivity index (χ2v) is 6.51. The van der Waals surface area contributed by atoms with Crippen molar-refractivity contribution in [1.29, 1.82) is 0 Å². The number of rotatable bonds is 5. The van der Waals surface area contributed by atoms with Crippen LogP contribution in [-0.2, 0) is 33.6 Å². The van der Waals surface area contributed by atoms with E-state index in [0.29, 0.717) is 0 Å². The second kappa shape index (κ2) is 7.97. The molecule has 2 aromatic carbocycles. The van der Waals surface area contributed by atoms with E-state index in [0.717, 1.165) is 29.7 Å². The third kappa shape index (κ3) is 4.69. The van der Waals surface area contributed by atoms with Crippen LogP contribution in [0.1, 0.15) is 35.1 Å². The van der Waals surface area contributed by atoms with Gasteiger partial charge in [-0.2, -0.15) is 0 Å². The van der Waals surface area contributed by atoms with Crippen molar-refractivity contribution in [3.8, 4) is 0 Å². The van der Waals surface area contributed by atoms with E-state index in [4.69, 9.17) is 4.74 Å². The summed E-state index contributed by atoms with van der Waals surface area (Å²) in [5.41, 5.74) is 5.38. The van der Waals surface area contributed by atoms with Gasteiger partial charge in [-0.25, -0.2) is 0 Å². The number of carbonyl (C=O) groups is 2. The number of hydrogen-bond donors (Lipinski definition) is 1. The zero-order valence-electron chi connectivity index (χ0n) is 14.5. The molecular weight excluding hydrogens is 314 g/mol. The molecule has 130 valence electrons. The van der Waals surface area contributed by atoms with Crippen molar-refractivity contribution in [1.82, 2.24) is 0 Å². The molecule has 0 atom stereocenters. The quantitative estimate of drug-likeness (QED) is 0.848. The Hall–Kier alpha value is -2.62. The molecular formula is C21H23NO3. The molecule has 25 heavy (non-hydrogen) atoms. The van der Waals surface area contributed by atoms with Crippen LogP contribution in [0.5, 0.6) is 0 Å². The monoisotopic (exact) mass is 337 g/mol. The van der Waals surface area contributed by atoms with Gasteiger partial charge in [0, 0.05) is 5.69 Å². The SMILES string of the molecule is Cc1ccccc1NC(=O)COC(=O)Cc1ccc2c(c1)CCCC2. The minimum Gasteiger partial charge on any atom is -0.455 e. The molecule has 1 aliphatic rings. The average Bonchev–Trinajstić information content (AvgIpc) is 2.62. The van der Waals surface area contributed by atoms with Crippen molar-refractivity contribution in [2.24, 2.45) is 0 Å². The van der Waals surface area contributed by atoms with Gasteiger partial charge in [0.25, 0.3) is 5.91 Å². The fraction of sp³-hybridized carbons (Fsp3) is 0.333. The first-order chi connectivity index (χ1) is 12.1. The van der Waals surface area contributed by atoms with Gasteiger partial charge in [-0.1, -0.05) is 36.4 Å². The van der Waals surface area contributed by atoms with Crippen molar-refractivity contribution in [2.45, 2.75) is 39.0 Å². The fourth-order valence-corrected chi connectivity index (χ4v) is 3.16. The number of fused-ring (bicyclic) bond motifs is 1. The number of anilines is 1. The zero-order chi connectivity index (χ0) is 17.6. The highest BCUT2D eigenvalue weighted by Crippen LogP contribution is 2.22. The summed E-state index contributed by atoms with van der Waals surface area (Å²) in [5, 5.41) is 2.75. The standard InChI is InChI=1S/C21H23NO3/c1-15-6-2-5-9-19(15)22-20(23)14-25-21(24)13-16-10-11-17-7-3-4-8-18(17)12-16/h2,5-6,9-12H,3-4,7-8,13-14H2,1H3,(H,22,23). The number of esters is 1. The highest BCUT2D eigenvalue weighted by atomic mass is 16.5. The summed E-state index contributed by atoms with van der Waals surface area (Å²) in [4.78, 5) is 23.9. The summed E-state index contributed by atoms with van der Waals surface area (Å²) in [6.45, 7) is 1.65. The number of para-hydroxylation sites is 1. The van der Waals surface area contributed by atoms with Crippen molar-refractivity contribution in [3.05, 3.63) is 64.7 Å². The Morgan fingerprint density at radius 3 is 2.60 bits per heavy atom. The maximum Gasteiger partial charge on any atom is 0.310 e. The topological polar surface area (TPSA) is 55.4 Å². The van der Waals surface area contributed by atoms with Gasteiger partial charge in [-0.05, 0) is 60.9 Å². The molecule has 0 fully saturated rings. The molecule has 1 amide bonds. The Balaban J connectivity index is 1.49. The van der Waals surface area contributed by atoms with Gasteiger partial charge in [0.1, 0.15) is 0 Å². The molecule has 1 aliphatic carbocycles. The molecule has 0 bridgehead atoms. The van der Waals surface area contributed by atoms with Gasteiger partial charge in [0.2, 0.25) is 0 Å². The molecule has 0 unspecified atom stereocenters. The van der Waals surface area contributed by atoms with Crippen LogP contribution in [0, 0.1) is 6.92 Å². The predicted octanol–water partition coefficient (Wildman–Crippen LogP) is 3.60. The summed E-state index contributed by atoms with van der Waals surface area (Å²) in [7, 11) is 0. The van der Waals surface area contributed by atoms with E-state index in [1.807, 2.05) is 37.3 Å². The number of aryl methyl sites for hydroxylation is 3. The van der Waals surface area contributed by atoms with Crippen LogP contribution in [0.4, 0.5) is 5.69 Å². The van der Waals surface area contributed by atoms with Crippen molar-refractivity contribution < 1.29 is 14.3 Å². The summed E-state index contributed by atoms with van der Waals surface area (Å²) in [6.07, 6.45) is 4.85. The van der Waals surface area contributed by atoms with E-state index < -0.39 is 0 Å². The maximum atomic E-state index is 12.0. The van der Waals surface area contributed by atoms with E-state index in [9.17, 15) is 9.59 Å². The smallest absolute Gasteiger partial charge is 0.310 e. The number of benzene rings is 2. The summed E-state index contributed by atoms with van der Waals surface area (Å²) in [6, 6.07) is 13.7. The molecule has 0 aromatic heterocycles. The highest BCUT2D eigenvalue weighted by molar-refractivity contribution is 5.93. The first-order valence-corrected chi connectivity index (χ1v) is 8.73. The molecule has 4 heteroatoms. The lowest BCUT2D eigenvalue weighted by molar-refractivity contribution is -0.146. The summed E-state index contributed by atoms with van der Waals surface area (Å²) in [5.74, 6) is -0.705. The lowest BCUT2D eigenvalue weighted by Crippen LogP contribution is -2.22. The largest absolute Gasteiger partial charge is 0.455 e.